The highest BCUT2D eigenvalue weighted by molar-refractivity contribution is 5.98. The van der Waals surface area contributed by atoms with Gasteiger partial charge in [-0.1, -0.05) is 57.1 Å². The van der Waals surface area contributed by atoms with Crippen molar-refractivity contribution in [2.45, 2.75) is 83.6 Å². The van der Waals surface area contributed by atoms with Crippen LogP contribution in [0.5, 0.6) is 5.75 Å². The Bertz CT molecular complexity index is 660. The van der Waals surface area contributed by atoms with Gasteiger partial charge in [-0.3, -0.25) is 14.5 Å². The largest absolute Gasteiger partial charge is 0.508 e. The molecule has 0 aliphatic heterocycles. The van der Waals surface area contributed by atoms with Crippen molar-refractivity contribution in [2.75, 3.05) is 6.54 Å². The van der Waals surface area contributed by atoms with Crippen molar-refractivity contribution < 1.29 is 24.6 Å². The lowest BCUT2D eigenvalue weighted by molar-refractivity contribution is -0.157. The molecule has 7 heteroatoms. The molecule has 0 radical (unpaired) electrons. The van der Waals surface area contributed by atoms with E-state index in [0.717, 1.165) is 37.1 Å². The third-order valence-corrected chi connectivity index (χ3v) is 5.16. The number of imide groups is 1. The summed E-state index contributed by atoms with van der Waals surface area (Å²) in [6.07, 6.45) is 9.69. The summed E-state index contributed by atoms with van der Waals surface area (Å²) in [6.45, 7) is 1.97. The molecule has 0 aromatic heterocycles. The zero-order valence-electron chi connectivity index (χ0n) is 18.0. The Balaban J connectivity index is 2.47. The number of nitrogens with two attached hydrogens (primary N) is 1. The highest BCUT2D eigenvalue weighted by Gasteiger charge is 2.32. The first kappa shape index (κ1) is 25.6. The third kappa shape index (κ3) is 9.87. The predicted octanol–water partition coefficient (Wildman–Crippen LogP) is 3.62. The molecule has 0 unspecified atom stereocenters. The summed E-state index contributed by atoms with van der Waals surface area (Å²) in [5, 5.41) is 19.0. The monoisotopic (exact) mass is 420 g/mol. The van der Waals surface area contributed by atoms with E-state index in [4.69, 9.17) is 5.73 Å². The van der Waals surface area contributed by atoms with Gasteiger partial charge >= 0.3 is 5.97 Å². The number of phenols is 1. The predicted molar refractivity (Wildman–Crippen MR) is 116 cm³/mol. The van der Waals surface area contributed by atoms with Gasteiger partial charge < -0.3 is 15.9 Å². The standard InChI is InChI=1S/C23H36N2O5/c1-18(26)25(21(23(29)30)17-19-12-14-20(27)15-13-19)22(28)11-9-7-5-3-2-4-6-8-10-16-24/h12-15,21,27H,2-11,16-17,24H2,1H3,(H,29,30)/t21-/m0/s1. The van der Waals surface area contributed by atoms with Gasteiger partial charge in [0.2, 0.25) is 11.8 Å². The Morgan fingerprint density at radius 3 is 1.87 bits per heavy atom. The molecule has 1 aromatic rings. The van der Waals surface area contributed by atoms with Crippen LogP contribution in [0.3, 0.4) is 0 Å². The molecule has 0 spiro atoms. The lowest BCUT2D eigenvalue weighted by Crippen LogP contribution is -2.48. The number of hydrogen-bond donors (Lipinski definition) is 3. The molecule has 0 heterocycles. The maximum absolute atomic E-state index is 12.6. The van der Waals surface area contributed by atoms with Crippen molar-refractivity contribution in [3.63, 3.8) is 0 Å². The normalized spacial score (nSPS) is 11.8. The number of benzene rings is 1. The van der Waals surface area contributed by atoms with Crippen LogP contribution in [0.25, 0.3) is 0 Å². The van der Waals surface area contributed by atoms with Crippen LogP contribution in [0.15, 0.2) is 24.3 Å². The third-order valence-electron chi connectivity index (χ3n) is 5.16. The summed E-state index contributed by atoms with van der Waals surface area (Å²) < 4.78 is 0. The molecule has 1 atom stereocenters. The summed E-state index contributed by atoms with van der Waals surface area (Å²) in [4.78, 5) is 37.3. The fourth-order valence-electron chi connectivity index (χ4n) is 3.49. The zero-order valence-corrected chi connectivity index (χ0v) is 18.0. The first-order valence-corrected chi connectivity index (χ1v) is 10.9. The minimum absolute atomic E-state index is 0.00505. The minimum Gasteiger partial charge on any atom is -0.508 e. The van der Waals surface area contributed by atoms with Crippen LogP contribution < -0.4 is 5.73 Å². The molecular formula is C23H36N2O5. The molecule has 4 N–H and O–H groups in total. The molecule has 0 aliphatic rings. The van der Waals surface area contributed by atoms with Gasteiger partial charge in [-0.2, -0.15) is 0 Å². The highest BCUT2D eigenvalue weighted by Crippen LogP contribution is 2.17. The molecule has 1 rings (SSSR count). The van der Waals surface area contributed by atoms with E-state index in [1.807, 2.05) is 0 Å². The van der Waals surface area contributed by atoms with Crippen LogP contribution in [0.4, 0.5) is 0 Å². The Labute approximate surface area is 179 Å². The first-order chi connectivity index (χ1) is 14.4. The molecule has 0 bridgehead atoms. The summed E-state index contributed by atoms with van der Waals surface area (Å²) in [6, 6.07) is 4.82. The van der Waals surface area contributed by atoms with E-state index in [-0.39, 0.29) is 18.6 Å². The Kier molecular flexibility index (Phi) is 12.4. The molecule has 2 amide bonds. The van der Waals surface area contributed by atoms with E-state index in [1.54, 1.807) is 12.1 Å². The maximum Gasteiger partial charge on any atom is 0.327 e. The number of hydrogen-bond acceptors (Lipinski definition) is 5. The number of amides is 2. The smallest absolute Gasteiger partial charge is 0.327 e. The number of unbranched alkanes of at least 4 members (excludes halogenated alkanes) is 8. The second-order valence-electron chi connectivity index (χ2n) is 7.73. The number of carbonyl (C=O) groups excluding carboxylic acids is 2. The lowest BCUT2D eigenvalue weighted by atomic mass is 10.0. The van der Waals surface area contributed by atoms with Gasteiger partial charge in [-0.05, 0) is 37.1 Å². The van der Waals surface area contributed by atoms with Gasteiger partial charge in [0, 0.05) is 19.8 Å². The second-order valence-corrected chi connectivity index (χ2v) is 7.73. The number of phenolic OH excluding ortho intramolecular Hbond substituents is 1. The van der Waals surface area contributed by atoms with Gasteiger partial charge in [0.15, 0.2) is 0 Å². The van der Waals surface area contributed by atoms with Crippen LogP contribution >= 0.6 is 0 Å². The Hall–Kier alpha value is -2.41. The topological polar surface area (TPSA) is 121 Å². The van der Waals surface area contributed by atoms with Gasteiger partial charge in [-0.15, -0.1) is 0 Å². The van der Waals surface area contributed by atoms with Crippen molar-refractivity contribution in [3.05, 3.63) is 29.8 Å². The van der Waals surface area contributed by atoms with Crippen molar-refractivity contribution in [2.24, 2.45) is 5.73 Å². The minimum atomic E-state index is -1.26. The van der Waals surface area contributed by atoms with Gasteiger partial charge in [-0.25, -0.2) is 4.79 Å². The van der Waals surface area contributed by atoms with E-state index in [9.17, 15) is 24.6 Å². The average Bonchev–Trinajstić information content (AvgIpc) is 2.70. The summed E-state index contributed by atoms with van der Waals surface area (Å²) >= 11 is 0. The Morgan fingerprint density at radius 1 is 0.900 bits per heavy atom. The van der Waals surface area contributed by atoms with Crippen LogP contribution in [-0.4, -0.2) is 45.5 Å². The lowest BCUT2D eigenvalue weighted by Gasteiger charge is -2.26. The average molecular weight is 421 g/mol. The molecule has 0 aliphatic carbocycles. The van der Waals surface area contributed by atoms with Crippen molar-refractivity contribution in [3.8, 4) is 5.75 Å². The second kappa shape index (κ2) is 14.6. The van der Waals surface area contributed by atoms with Crippen molar-refractivity contribution >= 4 is 17.8 Å². The van der Waals surface area contributed by atoms with E-state index in [2.05, 4.69) is 0 Å². The zero-order chi connectivity index (χ0) is 22.4. The SMILES string of the molecule is CC(=O)N(C(=O)CCCCCCCCCCCN)[C@@H](Cc1ccc(O)cc1)C(=O)O. The highest BCUT2D eigenvalue weighted by atomic mass is 16.4. The van der Waals surface area contributed by atoms with E-state index in [0.29, 0.717) is 12.0 Å². The number of aromatic hydroxyl groups is 1. The number of aliphatic carboxylic acids is 1. The first-order valence-electron chi connectivity index (χ1n) is 10.9. The Morgan fingerprint density at radius 2 is 1.40 bits per heavy atom. The number of nitrogens with zero attached hydrogens (tertiary/aromatic N) is 1. The van der Waals surface area contributed by atoms with Gasteiger partial charge in [0.05, 0.1) is 0 Å². The summed E-state index contributed by atoms with van der Waals surface area (Å²) in [5.41, 5.74) is 6.10. The van der Waals surface area contributed by atoms with Crippen LogP contribution in [0, 0.1) is 0 Å². The molecule has 0 saturated carbocycles. The number of carbonyl (C=O) groups is 3. The molecule has 30 heavy (non-hydrogen) atoms. The maximum atomic E-state index is 12.6. The molecular weight excluding hydrogens is 384 g/mol. The van der Waals surface area contributed by atoms with E-state index >= 15 is 0 Å². The molecule has 168 valence electrons. The number of carboxylic acids is 1. The van der Waals surface area contributed by atoms with Gasteiger partial charge in [0.25, 0.3) is 0 Å². The number of rotatable bonds is 15. The van der Waals surface area contributed by atoms with Crippen molar-refractivity contribution in [1.29, 1.82) is 0 Å². The van der Waals surface area contributed by atoms with Crippen LogP contribution in [0.2, 0.25) is 0 Å². The number of carboxylic acid groups (broad SMARTS) is 1. The van der Waals surface area contributed by atoms with E-state index < -0.39 is 23.8 Å². The molecule has 7 nitrogen and oxygen atoms in total. The molecule has 0 saturated heterocycles. The van der Waals surface area contributed by atoms with Gasteiger partial charge in [0.1, 0.15) is 11.8 Å². The van der Waals surface area contributed by atoms with E-state index in [1.165, 1.54) is 44.7 Å². The van der Waals surface area contributed by atoms with Crippen LogP contribution in [0.1, 0.15) is 76.7 Å². The molecule has 1 aromatic carbocycles. The fourth-order valence-corrected chi connectivity index (χ4v) is 3.49. The van der Waals surface area contributed by atoms with Crippen LogP contribution in [-0.2, 0) is 20.8 Å². The molecule has 0 fully saturated rings. The summed E-state index contributed by atoms with van der Waals surface area (Å²) in [5.74, 6) is -2.17. The van der Waals surface area contributed by atoms with Crippen molar-refractivity contribution in [1.82, 2.24) is 4.90 Å². The summed E-state index contributed by atoms with van der Waals surface area (Å²) in [7, 11) is 0. The fraction of sp³-hybridized carbons (Fsp3) is 0.609. The quantitative estimate of drug-likeness (QED) is 0.373.